The Hall–Kier alpha value is -3.49. The molecule has 2 aromatic carbocycles. The number of ketones is 1. The number of thiazole rings is 1. The Balaban J connectivity index is 1.78. The number of furan rings is 1. The zero-order chi connectivity index (χ0) is 23.4. The van der Waals surface area contributed by atoms with Gasteiger partial charge in [-0.25, -0.2) is 9.37 Å². The number of rotatable bonds is 3. The zero-order valence-corrected chi connectivity index (χ0v) is 19.0. The first-order valence-electron chi connectivity index (χ1n) is 9.96. The van der Waals surface area contributed by atoms with Crippen molar-refractivity contribution in [3.8, 4) is 0 Å². The monoisotopic (exact) mass is 482 g/mol. The molecule has 0 saturated carbocycles. The maximum Gasteiger partial charge on any atom is 0.301 e. The Morgan fingerprint density at radius 1 is 1.18 bits per heavy atom. The summed E-state index contributed by atoms with van der Waals surface area (Å²) in [6.07, 6.45) is 0. The standard InChI is InChI=1S/C24H16ClFN2O4S/c1-11-10-14(12(2)32-11)21(29)18-20(13-6-3-4-8-16(13)26)28(23(31)22(18)30)24-27-19-15(25)7-5-9-17(19)33-24/h3-10,20,29H,1-2H3/b21-18+. The van der Waals surface area contributed by atoms with Crippen molar-refractivity contribution in [2.24, 2.45) is 0 Å². The molecule has 1 aliphatic rings. The Morgan fingerprint density at radius 3 is 2.61 bits per heavy atom. The predicted molar refractivity (Wildman–Crippen MR) is 124 cm³/mol. The highest BCUT2D eigenvalue weighted by Gasteiger charge is 2.49. The van der Waals surface area contributed by atoms with Crippen LogP contribution in [0, 0.1) is 19.7 Å². The smallest absolute Gasteiger partial charge is 0.301 e. The number of para-hydroxylation sites is 1. The molecular weight excluding hydrogens is 467 g/mol. The number of aliphatic hydroxyl groups is 1. The van der Waals surface area contributed by atoms with Gasteiger partial charge in [-0.1, -0.05) is 47.2 Å². The van der Waals surface area contributed by atoms with Crippen LogP contribution in [-0.4, -0.2) is 21.8 Å². The lowest BCUT2D eigenvalue weighted by molar-refractivity contribution is -0.132. The normalized spacial score (nSPS) is 17.9. The first kappa shape index (κ1) is 21.4. The number of hydrogen-bond donors (Lipinski definition) is 1. The number of Topliss-reactive ketones (excluding diaryl/α,β-unsaturated/α-hetero) is 1. The van der Waals surface area contributed by atoms with Gasteiger partial charge in [0.05, 0.1) is 20.9 Å². The van der Waals surface area contributed by atoms with Crippen LogP contribution < -0.4 is 4.90 Å². The highest BCUT2D eigenvalue weighted by Crippen LogP contribution is 2.45. The Kier molecular flexibility index (Phi) is 5.07. The number of aryl methyl sites for hydroxylation is 2. The maximum absolute atomic E-state index is 15.0. The van der Waals surface area contributed by atoms with Gasteiger partial charge in [-0.15, -0.1) is 0 Å². The number of carbonyl (C=O) groups excluding carboxylic acids is 2. The molecule has 1 N–H and O–H groups in total. The van der Waals surface area contributed by atoms with E-state index in [0.29, 0.717) is 26.8 Å². The minimum Gasteiger partial charge on any atom is -0.507 e. The van der Waals surface area contributed by atoms with Crippen molar-refractivity contribution >= 4 is 55.7 Å². The van der Waals surface area contributed by atoms with Crippen molar-refractivity contribution in [2.75, 3.05) is 4.90 Å². The Bertz CT molecular complexity index is 1490. The van der Waals surface area contributed by atoms with Gasteiger partial charge >= 0.3 is 5.91 Å². The highest BCUT2D eigenvalue weighted by atomic mass is 35.5. The molecule has 0 spiro atoms. The number of aliphatic hydroxyl groups excluding tert-OH is 1. The van der Waals surface area contributed by atoms with Gasteiger partial charge in [0.15, 0.2) is 5.13 Å². The van der Waals surface area contributed by atoms with E-state index in [0.717, 1.165) is 16.2 Å². The number of anilines is 1. The number of amides is 1. The van der Waals surface area contributed by atoms with E-state index in [2.05, 4.69) is 4.98 Å². The molecule has 33 heavy (non-hydrogen) atoms. The number of aromatic nitrogens is 1. The summed E-state index contributed by atoms with van der Waals surface area (Å²) in [5.74, 6) is -2.03. The summed E-state index contributed by atoms with van der Waals surface area (Å²) in [7, 11) is 0. The van der Waals surface area contributed by atoms with Crippen LogP contribution in [-0.2, 0) is 9.59 Å². The molecule has 1 aliphatic heterocycles. The topological polar surface area (TPSA) is 83.6 Å². The van der Waals surface area contributed by atoms with Crippen molar-refractivity contribution in [3.63, 3.8) is 0 Å². The second kappa shape index (κ2) is 7.83. The van der Waals surface area contributed by atoms with Gasteiger partial charge in [-0.2, -0.15) is 0 Å². The summed E-state index contributed by atoms with van der Waals surface area (Å²) < 4.78 is 21.2. The maximum atomic E-state index is 15.0. The van der Waals surface area contributed by atoms with Gasteiger partial charge in [0, 0.05) is 5.56 Å². The van der Waals surface area contributed by atoms with Crippen LogP contribution >= 0.6 is 22.9 Å². The summed E-state index contributed by atoms with van der Waals surface area (Å²) in [4.78, 5) is 32.0. The second-order valence-electron chi connectivity index (χ2n) is 7.60. The largest absolute Gasteiger partial charge is 0.507 e. The quantitative estimate of drug-likeness (QED) is 0.222. The van der Waals surface area contributed by atoms with E-state index < -0.39 is 29.3 Å². The van der Waals surface area contributed by atoms with Gasteiger partial charge < -0.3 is 9.52 Å². The molecule has 1 fully saturated rings. The fourth-order valence-electron chi connectivity index (χ4n) is 4.04. The number of hydrogen-bond acceptors (Lipinski definition) is 6. The van der Waals surface area contributed by atoms with Crippen LogP contribution in [0.25, 0.3) is 16.0 Å². The fraction of sp³-hybridized carbons (Fsp3) is 0.125. The number of fused-ring (bicyclic) bond motifs is 1. The van der Waals surface area contributed by atoms with E-state index in [1.807, 2.05) is 0 Å². The van der Waals surface area contributed by atoms with E-state index in [9.17, 15) is 19.1 Å². The molecule has 166 valence electrons. The van der Waals surface area contributed by atoms with E-state index in [1.165, 1.54) is 18.2 Å². The predicted octanol–water partition coefficient (Wildman–Crippen LogP) is 5.92. The number of halogens is 2. The molecule has 0 radical (unpaired) electrons. The molecule has 1 unspecified atom stereocenters. The van der Waals surface area contributed by atoms with Crippen molar-refractivity contribution < 1.29 is 23.5 Å². The number of nitrogens with zero attached hydrogens (tertiary/aromatic N) is 2. The van der Waals surface area contributed by atoms with E-state index in [4.69, 9.17) is 16.0 Å². The fourth-order valence-corrected chi connectivity index (χ4v) is 5.33. The lowest BCUT2D eigenvalue weighted by Crippen LogP contribution is -2.29. The molecule has 6 nitrogen and oxygen atoms in total. The molecule has 2 aromatic heterocycles. The van der Waals surface area contributed by atoms with Crippen LogP contribution in [0.4, 0.5) is 9.52 Å². The second-order valence-corrected chi connectivity index (χ2v) is 9.02. The average molecular weight is 483 g/mol. The van der Waals surface area contributed by atoms with Crippen molar-refractivity contribution in [3.05, 3.63) is 87.6 Å². The molecule has 3 heterocycles. The average Bonchev–Trinajstić information content (AvgIpc) is 3.43. The third kappa shape index (κ3) is 3.34. The van der Waals surface area contributed by atoms with E-state index in [1.54, 1.807) is 44.2 Å². The number of benzene rings is 2. The van der Waals surface area contributed by atoms with Crippen LogP contribution in [0.15, 0.2) is 58.5 Å². The van der Waals surface area contributed by atoms with Crippen LogP contribution in [0.3, 0.4) is 0 Å². The summed E-state index contributed by atoms with van der Waals surface area (Å²) in [6, 6.07) is 11.4. The van der Waals surface area contributed by atoms with E-state index in [-0.39, 0.29) is 21.8 Å². The molecule has 1 atom stereocenters. The molecule has 5 rings (SSSR count). The minimum absolute atomic E-state index is 0.0569. The minimum atomic E-state index is -1.22. The zero-order valence-electron chi connectivity index (χ0n) is 17.4. The molecule has 9 heteroatoms. The summed E-state index contributed by atoms with van der Waals surface area (Å²) in [5, 5.41) is 11.7. The Labute approximate surface area is 196 Å². The van der Waals surface area contributed by atoms with Gasteiger partial charge in [-0.05, 0) is 38.1 Å². The highest BCUT2D eigenvalue weighted by molar-refractivity contribution is 7.22. The molecule has 1 saturated heterocycles. The van der Waals surface area contributed by atoms with Gasteiger partial charge in [0.2, 0.25) is 0 Å². The van der Waals surface area contributed by atoms with Gasteiger partial charge in [0.25, 0.3) is 5.78 Å². The van der Waals surface area contributed by atoms with Gasteiger partial charge in [-0.3, -0.25) is 14.5 Å². The van der Waals surface area contributed by atoms with Crippen molar-refractivity contribution in [2.45, 2.75) is 19.9 Å². The van der Waals surface area contributed by atoms with E-state index >= 15 is 0 Å². The summed E-state index contributed by atoms with van der Waals surface area (Å²) >= 11 is 7.40. The first-order valence-corrected chi connectivity index (χ1v) is 11.1. The van der Waals surface area contributed by atoms with Crippen LogP contribution in [0.2, 0.25) is 5.02 Å². The van der Waals surface area contributed by atoms with Crippen LogP contribution in [0.1, 0.15) is 28.7 Å². The number of carbonyl (C=O) groups is 2. The third-order valence-electron chi connectivity index (χ3n) is 5.50. The first-order chi connectivity index (χ1) is 15.8. The van der Waals surface area contributed by atoms with Crippen LogP contribution in [0.5, 0.6) is 0 Å². The van der Waals surface area contributed by atoms with Crippen molar-refractivity contribution in [1.29, 1.82) is 0 Å². The Morgan fingerprint density at radius 2 is 1.94 bits per heavy atom. The van der Waals surface area contributed by atoms with Gasteiger partial charge in [0.1, 0.15) is 34.7 Å². The summed E-state index contributed by atoms with van der Waals surface area (Å²) in [5.41, 5.74) is 0.551. The van der Waals surface area contributed by atoms with Crippen molar-refractivity contribution in [1.82, 2.24) is 4.98 Å². The lowest BCUT2D eigenvalue weighted by Gasteiger charge is -2.23. The summed E-state index contributed by atoms with van der Waals surface area (Å²) in [6.45, 7) is 3.33. The molecule has 4 aromatic rings. The molecule has 1 amide bonds. The lowest BCUT2D eigenvalue weighted by atomic mass is 9.95. The molecular formula is C24H16ClFN2O4S. The SMILES string of the molecule is Cc1cc(/C(O)=C2\C(=O)C(=O)N(c3nc4c(Cl)cccc4s3)C2c2ccccc2F)c(C)o1. The third-order valence-corrected chi connectivity index (χ3v) is 6.83. The molecule has 0 bridgehead atoms. The molecule has 0 aliphatic carbocycles.